The Morgan fingerprint density at radius 1 is 1.22 bits per heavy atom. The van der Waals surface area contributed by atoms with E-state index in [1.807, 2.05) is 0 Å². The number of nitrogens with zero attached hydrogens (tertiary/aromatic N) is 3. The summed E-state index contributed by atoms with van der Waals surface area (Å²) in [7, 11) is 1.71. The van der Waals surface area contributed by atoms with E-state index in [4.69, 9.17) is 5.73 Å². The van der Waals surface area contributed by atoms with Gasteiger partial charge in [0.2, 0.25) is 11.7 Å². The van der Waals surface area contributed by atoms with Crippen LogP contribution in [0, 0.1) is 11.8 Å². The predicted molar refractivity (Wildman–Crippen MR) is 142 cm³/mol. The zero-order valence-electron chi connectivity index (χ0n) is 22.1. The van der Waals surface area contributed by atoms with Crippen LogP contribution in [0.1, 0.15) is 36.0 Å². The van der Waals surface area contributed by atoms with Crippen LogP contribution in [-0.2, 0) is 39.2 Å². The zero-order valence-corrected chi connectivity index (χ0v) is 22.1. The summed E-state index contributed by atoms with van der Waals surface area (Å²) in [5.41, 5.74) is 3.13. The predicted octanol–water partition coefficient (Wildman–Crippen LogP) is 0.0525. The third-order valence-electron chi connectivity index (χ3n) is 8.71. The number of aryl methyl sites for hydroxylation is 1. The lowest BCUT2D eigenvalue weighted by Gasteiger charge is -2.49. The molecule has 0 spiro atoms. The van der Waals surface area contributed by atoms with Gasteiger partial charge >= 0.3 is 0 Å². The fraction of sp³-hybridized carbons (Fsp3) is 0.393. The van der Waals surface area contributed by atoms with Gasteiger partial charge in [-0.05, 0) is 42.9 Å². The number of carbonyl (C=O) groups is 4. The molecule has 7 N–H and O–H groups in total. The minimum Gasteiger partial charge on any atom is -0.508 e. The molecule has 4 aliphatic rings. The lowest BCUT2D eigenvalue weighted by atomic mass is 9.57. The molecular weight excluding hydrogens is 534 g/mol. The smallest absolute Gasteiger partial charge is 0.255 e. The maximum absolute atomic E-state index is 14.0. The molecule has 6 rings (SSSR count). The first kappa shape index (κ1) is 26.7. The number of rotatable bonds is 5. The second-order valence-electron chi connectivity index (χ2n) is 11.0. The molecule has 3 aliphatic carbocycles. The average molecular weight is 564 g/mol. The number of nitrogens with two attached hydrogens (primary N) is 1. The van der Waals surface area contributed by atoms with E-state index in [2.05, 4.69) is 10.4 Å². The number of aromatic nitrogens is 2. The van der Waals surface area contributed by atoms with Crippen molar-refractivity contribution < 1.29 is 39.6 Å². The van der Waals surface area contributed by atoms with Crippen LogP contribution in [0.5, 0.6) is 5.75 Å². The van der Waals surface area contributed by atoms with Crippen molar-refractivity contribution in [1.29, 1.82) is 0 Å². The fourth-order valence-corrected chi connectivity index (χ4v) is 6.84. The number of nitrogens with one attached hydrogen (secondary N) is 1. The van der Waals surface area contributed by atoms with Crippen molar-refractivity contribution in [1.82, 2.24) is 15.1 Å². The molecule has 2 aromatic rings. The molecule has 4 unspecified atom stereocenters. The molecule has 2 heterocycles. The van der Waals surface area contributed by atoms with Crippen LogP contribution in [0.4, 0.5) is 5.69 Å². The summed E-state index contributed by atoms with van der Waals surface area (Å²) in [6.45, 7) is 0.553. The summed E-state index contributed by atoms with van der Waals surface area (Å²) in [5, 5.41) is 52.0. The van der Waals surface area contributed by atoms with Crippen molar-refractivity contribution >= 4 is 34.8 Å². The molecule has 1 saturated heterocycles. The summed E-state index contributed by atoms with van der Waals surface area (Å²) in [6, 6.07) is 1.62. The van der Waals surface area contributed by atoms with Crippen molar-refractivity contribution in [2.75, 3.05) is 11.4 Å². The van der Waals surface area contributed by atoms with E-state index in [0.717, 1.165) is 0 Å². The van der Waals surface area contributed by atoms with Crippen LogP contribution in [0.25, 0.3) is 5.76 Å². The Morgan fingerprint density at radius 3 is 2.61 bits per heavy atom. The highest BCUT2D eigenvalue weighted by atomic mass is 16.3. The first-order valence-electron chi connectivity index (χ1n) is 13.3. The SMILES string of the molecule is Cn1cc(CNC2C(=O)C(C(N)=O)=C(O)C3(O)C(=O)C4=C(O)c5c(O)ccc(N6CCCC6=O)c5CC4CC23)cn1. The van der Waals surface area contributed by atoms with Crippen molar-refractivity contribution in [3.05, 3.63) is 58.1 Å². The van der Waals surface area contributed by atoms with Gasteiger partial charge in [0.1, 0.15) is 22.8 Å². The van der Waals surface area contributed by atoms with E-state index >= 15 is 0 Å². The number of primary amides is 1. The van der Waals surface area contributed by atoms with Crippen LogP contribution in [0.3, 0.4) is 0 Å². The monoisotopic (exact) mass is 563 g/mol. The number of aliphatic hydroxyl groups is 3. The van der Waals surface area contributed by atoms with Crippen LogP contribution in [0.2, 0.25) is 0 Å². The Kier molecular flexibility index (Phi) is 6.05. The maximum atomic E-state index is 14.0. The zero-order chi connectivity index (χ0) is 29.4. The third-order valence-corrected chi connectivity index (χ3v) is 8.71. The molecule has 0 bridgehead atoms. The molecule has 1 aromatic carbocycles. The number of Topliss-reactive ketones (excluding diaryl/α,β-unsaturated/α-hetero) is 2. The first-order chi connectivity index (χ1) is 19.4. The van der Waals surface area contributed by atoms with Crippen molar-refractivity contribution in [3.8, 4) is 5.75 Å². The molecule has 2 fully saturated rings. The van der Waals surface area contributed by atoms with Gasteiger partial charge in [-0.25, -0.2) is 0 Å². The van der Waals surface area contributed by atoms with Crippen LogP contribution in [0.15, 0.2) is 41.4 Å². The average Bonchev–Trinajstić information content (AvgIpc) is 3.53. The van der Waals surface area contributed by atoms with E-state index in [0.29, 0.717) is 36.2 Å². The van der Waals surface area contributed by atoms with Gasteiger partial charge < -0.3 is 36.4 Å². The van der Waals surface area contributed by atoms with E-state index in [1.165, 1.54) is 6.07 Å². The second-order valence-corrected chi connectivity index (χ2v) is 11.0. The number of phenols is 1. The lowest BCUT2D eigenvalue weighted by Crippen LogP contribution is -2.66. The van der Waals surface area contributed by atoms with Crippen LogP contribution in [-0.4, -0.2) is 71.8 Å². The normalized spacial score (nSPS) is 27.7. The number of aliphatic hydroxyl groups excluding tert-OH is 2. The fourth-order valence-electron chi connectivity index (χ4n) is 6.84. The summed E-state index contributed by atoms with van der Waals surface area (Å²) in [6.07, 6.45) is 4.32. The number of hydrogen-bond donors (Lipinski definition) is 6. The molecule has 0 radical (unpaired) electrons. The van der Waals surface area contributed by atoms with Gasteiger partial charge in [-0.15, -0.1) is 0 Å². The van der Waals surface area contributed by atoms with Gasteiger partial charge in [0, 0.05) is 55.5 Å². The number of ketones is 2. The number of benzene rings is 1. The van der Waals surface area contributed by atoms with Crippen molar-refractivity contribution in [3.63, 3.8) is 0 Å². The van der Waals surface area contributed by atoms with E-state index in [9.17, 15) is 39.6 Å². The minimum atomic E-state index is -2.75. The molecule has 13 heteroatoms. The number of fused-ring (bicyclic) bond motifs is 3. The molecule has 1 aliphatic heterocycles. The number of aromatic hydroxyl groups is 1. The highest BCUT2D eigenvalue weighted by Gasteiger charge is 2.63. The van der Waals surface area contributed by atoms with Gasteiger partial charge in [-0.3, -0.25) is 23.9 Å². The Bertz CT molecular complexity index is 1610. The summed E-state index contributed by atoms with van der Waals surface area (Å²) in [4.78, 5) is 53.9. The second kappa shape index (κ2) is 9.28. The number of hydrogen-bond acceptors (Lipinski definition) is 10. The van der Waals surface area contributed by atoms with Gasteiger partial charge in [0.25, 0.3) is 5.91 Å². The number of anilines is 1. The topological polar surface area (TPSA) is 208 Å². The molecular formula is C28H29N5O8. The van der Waals surface area contributed by atoms with E-state index in [1.54, 1.807) is 35.1 Å². The van der Waals surface area contributed by atoms with Gasteiger partial charge in [-0.2, -0.15) is 5.10 Å². The maximum Gasteiger partial charge on any atom is 0.255 e. The van der Waals surface area contributed by atoms with Gasteiger partial charge in [0.15, 0.2) is 11.4 Å². The quantitative estimate of drug-likeness (QED) is 0.269. The van der Waals surface area contributed by atoms with Gasteiger partial charge in [0.05, 0.1) is 17.8 Å². The Morgan fingerprint density at radius 2 is 1.98 bits per heavy atom. The summed E-state index contributed by atoms with van der Waals surface area (Å²) < 4.78 is 1.55. The standard InChI is InChI=1S/C28H29N5O8/c1-32-11-12(10-31-32)9-30-22-15-8-13-7-14-16(33-6-2-3-18(33)35)4-5-17(34)20(14)23(36)19(13)25(38)28(15,41)26(39)21(24(22)37)27(29)40/h4-5,10-11,13,15,22,30,34,36,39,41H,2-3,6-9H2,1H3,(H2,29,40). The highest BCUT2D eigenvalue weighted by Crippen LogP contribution is 2.53. The number of phenolic OH excluding ortho intramolecular Hbond substituents is 1. The Labute approximate surface area is 233 Å². The Balaban J connectivity index is 1.48. The molecule has 1 aromatic heterocycles. The molecule has 13 nitrogen and oxygen atoms in total. The minimum absolute atomic E-state index is 0.0411. The summed E-state index contributed by atoms with van der Waals surface area (Å²) >= 11 is 0. The lowest BCUT2D eigenvalue weighted by molar-refractivity contribution is -0.150. The van der Waals surface area contributed by atoms with E-state index < -0.39 is 58.0 Å². The van der Waals surface area contributed by atoms with Crippen LogP contribution < -0.4 is 16.0 Å². The number of amides is 2. The van der Waals surface area contributed by atoms with Gasteiger partial charge in [-0.1, -0.05) is 0 Å². The van der Waals surface area contributed by atoms with Crippen molar-refractivity contribution in [2.45, 2.75) is 43.9 Å². The summed E-state index contributed by atoms with van der Waals surface area (Å²) in [5.74, 6) is -7.43. The molecule has 2 amide bonds. The third kappa shape index (κ3) is 3.79. The largest absolute Gasteiger partial charge is 0.508 e. The number of carbonyl (C=O) groups excluding carboxylic acids is 4. The van der Waals surface area contributed by atoms with Crippen molar-refractivity contribution in [2.24, 2.45) is 24.6 Å². The van der Waals surface area contributed by atoms with Crippen LogP contribution >= 0.6 is 0 Å². The Hall–Kier alpha value is -4.49. The molecule has 4 atom stereocenters. The molecule has 1 saturated carbocycles. The molecule has 214 valence electrons. The van der Waals surface area contributed by atoms with E-state index in [-0.39, 0.29) is 42.2 Å². The molecule has 41 heavy (non-hydrogen) atoms. The first-order valence-corrected chi connectivity index (χ1v) is 13.3. The highest BCUT2D eigenvalue weighted by molar-refractivity contribution is 6.24.